The van der Waals surface area contributed by atoms with Gasteiger partial charge >= 0.3 is 0 Å². The highest BCUT2D eigenvalue weighted by atomic mass is 16.5. The first-order valence-corrected chi connectivity index (χ1v) is 6.44. The van der Waals surface area contributed by atoms with Crippen molar-refractivity contribution in [3.05, 3.63) is 30.5 Å². The zero-order valence-electron chi connectivity index (χ0n) is 10.7. The van der Waals surface area contributed by atoms with Gasteiger partial charge in [-0.1, -0.05) is 31.2 Å². The minimum Gasteiger partial charge on any atom is -0.381 e. The summed E-state index contributed by atoms with van der Waals surface area (Å²) in [4.78, 5) is 0. The lowest BCUT2D eigenvalue weighted by Gasteiger charge is -2.07. The van der Waals surface area contributed by atoms with Crippen LogP contribution in [-0.2, 0) is 4.74 Å². The van der Waals surface area contributed by atoms with Crippen molar-refractivity contribution in [2.45, 2.75) is 19.8 Å². The number of hydrogen-bond acceptors (Lipinski definition) is 4. The summed E-state index contributed by atoms with van der Waals surface area (Å²) >= 11 is 0. The second-order valence-electron chi connectivity index (χ2n) is 4.17. The predicted molar refractivity (Wildman–Crippen MR) is 73.8 cm³/mol. The molecule has 96 valence electrons. The van der Waals surface area contributed by atoms with Gasteiger partial charge in [-0.2, -0.15) is 5.10 Å². The van der Waals surface area contributed by atoms with Crippen molar-refractivity contribution < 1.29 is 4.74 Å². The van der Waals surface area contributed by atoms with Crippen LogP contribution in [-0.4, -0.2) is 30.0 Å². The van der Waals surface area contributed by atoms with Crippen LogP contribution in [0.2, 0.25) is 0 Å². The van der Waals surface area contributed by atoms with E-state index in [-0.39, 0.29) is 0 Å². The summed E-state index contributed by atoms with van der Waals surface area (Å²) in [6.07, 6.45) is 3.83. The normalized spacial score (nSPS) is 10.7. The molecule has 4 nitrogen and oxygen atoms in total. The molecule has 0 amide bonds. The molecular weight excluding hydrogens is 226 g/mol. The molecule has 0 bridgehead atoms. The van der Waals surface area contributed by atoms with Gasteiger partial charge in [-0.3, -0.25) is 0 Å². The molecule has 2 aromatic rings. The molecule has 0 saturated heterocycles. The van der Waals surface area contributed by atoms with Crippen LogP contribution >= 0.6 is 0 Å². The molecule has 1 N–H and O–H groups in total. The summed E-state index contributed by atoms with van der Waals surface area (Å²) in [5.74, 6) is 0.851. The molecule has 0 aliphatic heterocycles. The Hall–Kier alpha value is -1.68. The van der Waals surface area contributed by atoms with Crippen molar-refractivity contribution >= 4 is 16.6 Å². The highest BCUT2D eigenvalue weighted by Crippen LogP contribution is 2.18. The first kappa shape index (κ1) is 12.8. The lowest BCUT2D eigenvalue weighted by atomic mass is 10.2. The maximum Gasteiger partial charge on any atom is 0.156 e. The molecule has 1 aromatic heterocycles. The van der Waals surface area contributed by atoms with Crippen molar-refractivity contribution in [3.8, 4) is 0 Å². The monoisotopic (exact) mass is 245 g/mol. The Morgan fingerprint density at radius 1 is 1.22 bits per heavy atom. The van der Waals surface area contributed by atoms with E-state index in [1.165, 1.54) is 0 Å². The number of rotatable bonds is 7. The van der Waals surface area contributed by atoms with Gasteiger partial charge in [0.2, 0.25) is 0 Å². The van der Waals surface area contributed by atoms with E-state index in [0.717, 1.165) is 49.2 Å². The number of hydrogen-bond donors (Lipinski definition) is 1. The number of fused-ring (bicyclic) bond motifs is 1. The van der Waals surface area contributed by atoms with Crippen LogP contribution < -0.4 is 5.32 Å². The van der Waals surface area contributed by atoms with Crippen molar-refractivity contribution in [1.29, 1.82) is 0 Å². The Morgan fingerprint density at radius 3 is 3.00 bits per heavy atom. The van der Waals surface area contributed by atoms with E-state index in [1.54, 1.807) is 6.20 Å². The van der Waals surface area contributed by atoms with E-state index < -0.39 is 0 Å². The third-order valence-electron chi connectivity index (χ3n) is 2.68. The fraction of sp³-hybridized carbons (Fsp3) is 0.429. The van der Waals surface area contributed by atoms with Crippen LogP contribution in [0.3, 0.4) is 0 Å². The van der Waals surface area contributed by atoms with Crippen molar-refractivity contribution in [2.24, 2.45) is 0 Å². The molecule has 0 spiro atoms. The van der Waals surface area contributed by atoms with Crippen LogP contribution in [0.15, 0.2) is 30.5 Å². The number of anilines is 1. The highest BCUT2D eigenvalue weighted by Gasteiger charge is 2.01. The molecular formula is C14H19N3O. The molecule has 0 radical (unpaired) electrons. The van der Waals surface area contributed by atoms with Gasteiger partial charge in [-0.25, -0.2) is 0 Å². The molecule has 1 heterocycles. The van der Waals surface area contributed by atoms with Crippen molar-refractivity contribution in [3.63, 3.8) is 0 Å². The molecule has 4 heteroatoms. The quantitative estimate of drug-likeness (QED) is 0.762. The second kappa shape index (κ2) is 6.91. The molecule has 0 unspecified atom stereocenters. The molecule has 2 rings (SSSR count). The Morgan fingerprint density at radius 2 is 2.11 bits per heavy atom. The Kier molecular flexibility index (Phi) is 4.90. The third kappa shape index (κ3) is 3.40. The highest BCUT2D eigenvalue weighted by molar-refractivity contribution is 5.90. The summed E-state index contributed by atoms with van der Waals surface area (Å²) in [7, 11) is 0. The van der Waals surface area contributed by atoms with Crippen LogP contribution in [0.1, 0.15) is 19.8 Å². The minimum absolute atomic E-state index is 0.791. The van der Waals surface area contributed by atoms with Gasteiger partial charge in [0.15, 0.2) is 5.82 Å². The Labute approximate surface area is 107 Å². The molecule has 0 atom stereocenters. The molecule has 18 heavy (non-hydrogen) atoms. The number of nitrogens with zero attached hydrogens (tertiary/aromatic N) is 2. The zero-order chi connectivity index (χ0) is 12.6. The topological polar surface area (TPSA) is 47.0 Å². The van der Waals surface area contributed by atoms with Crippen molar-refractivity contribution in [2.75, 3.05) is 25.1 Å². The minimum atomic E-state index is 0.791. The van der Waals surface area contributed by atoms with E-state index in [0.29, 0.717) is 0 Å². The molecule has 0 fully saturated rings. The smallest absolute Gasteiger partial charge is 0.156 e. The van der Waals surface area contributed by atoms with Gasteiger partial charge in [-0.15, -0.1) is 5.10 Å². The molecule has 0 aliphatic rings. The van der Waals surface area contributed by atoms with Gasteiger partial charge in [0.05, 0.1) is 6.20 Å². The van der Waals surface area contributed by atoms with Crippen LogP contribution in [0.4, 0.5) is 5.82 Å². The van der Waals surface area contributed by atoms with E-state index >= 15 is 0 Å². The fourth-order valence-electron chi connectivity index (χ4n) is 1.79. The third-order valence-corrected chi connectivity index (χ3v) is 2.68. The summed E-state index contributed by atoms with van der Waals surface area (Å²) < 4.78 is 5.43. The number of nitrogens with one attached hydrogen (secondary N) is 1. The Bertz CT molecular complexity index is 482. The average molecular weight is 245 g/mol. The largest absolute Gasteiger partial charge is 0.381 e. The molecule has 0 saturated carbocycles. The first-order valence-electron chi connectivity index (χ1n) is 6.44. The van der Waals surface area contributed by atoms with Crippen LogP contribution in [0, 0.1) is 0 Å². The predicted octanol–water partition coefficient (Wildman–Crippen LogP) is 2.86. The molecule has 1 aromatic carbocycles. The zero-order valence-corrected chi connectivity index (χ0v) is 10.7. The maximum atomic E-state index is 5.43. The molecule has 0 aliphatic carbocycles. The SMILES string of the molecule is CCCOCCCNc1nncc2ccccc12. The van der Waals surface area contributed by atoms with E-state index in [4.69, 9.17) is 4.74 Å². The summed E-state index contributed by atoms with van der Waals surface area (Å²) in [5.41, 5.74) is 0. The van der Waals surface area contributed by atoms with Gasteiger partial charge in [0.1, 0.15) is 0 Å². The first-order chi connectivity index (χ1) is 8.92. The van der Waals surface area contributed by atoms with E-state index in [2.05, 4.69) is 28.5 Å². The Balaban J connectivity index is 1.88. The average Bonchev–Trinajstić information content (AvgIpc) is 2.43. The fourth-order valence-corrected chi connectivity index (χ4v) is 1.79. The van der Waals surface area contributed by atoms with Crippen molar-refractivity contribution in [1.82, 2.24) is 10.2 Å². The second-order valence-corrected chi connectivity index (χ2v) is 4.17. The lowest BCUT2D eigenvalue weighted by molar-refractivity contribution is 0.134. The number of aromatic nitrogens is 2. The van der Waals surface area contributed by atoms with E-state index in [9.17, 15) is 0 Å². The van der Waals surface area contributed by atoms with Gasteiger partial charge < -0.3 is 10.1 Å². The number of ether oxygens (including phenoxy) is 1. The van der Waals surface area contributed by atoms with Gasteiger partial charge in [0, 0.05) is 30.5 Å². The van der Waals surface area contributed by atoms with Gasteiger partial charge in [-0.05, 0) is 12.8 Å². The van der Waals surface area contributed by atoms with Crippen LogP contribution in [0.5, 0.6) is 0 Å². The summed E-state index contributed by atoms with van der Waals surface area (Å²) in [5, 5.41) is 13.7. The van der Waals surface area contributed by atoms with Gasteiger partial charge in [0.25, 0.3) is 0 Å². The van der Waals surface area contributed by atoms with Crippen LogP contribution in [0.25, 0.3) is 10.8 Å². The standard InChI is InChI=1S/C14H19N3O/c1-2-9-18-10-5-8-15-14-13-7-4-3-6-12(13)11-16-17-14/h3-4,6-7,11H,2,5,8-10H2,1H3,(H,15,17). The summed E-state index contributed by atoms with van der Waals surface area (Å²) in [6, 6.07) is 8.12. The maximum absolute atomic E-state index is 5.43. The lowest BCUT2D eigenvalue weighted by Crippen LogP contribution is -2.08. The van der Waals surface area contributed by atoms with E-state index in [1.807, 2.05) is 18.2 Å². The number of benzene rings is 1. The summed E-state index contributed by atoms with van der Waals surface area (Å²) in [6.45, 7) is 4.60.